The first-order valence-corrected chi connectivity index (χ1v) is 6.24. The van der Waals surface area contributed by atoms with Gasteiger partial charge in [0, 0.05) is 25.7 Å². The third-order valence-electron chi connectivity index (χ3n) is 3.11. The molecule has 1 heterocycles. The Morgan fingerprint density at radius 2 is 2.11 bits per heavy atom. The van der Waals surface area contributed by atoms with E-state index in [4.69, 9.17) is 0 Å². The van der Waals surface area contributed by atoms with E-state index in [0.717, 1.165) is 18.7 Å². The zero-order valence-electron chi connectivity index (χ0n) is 10.7. The van der Waals surface area contributed by atoms with Crippen LogP contribution < -0.4 is 16.0 Å². The highest BCUT2D eigenvalue weighted by molar-refractivity contribution is 5.82. The molecule has 1 amide bonds. The summed E-state index contributed by atoms with van der Waals surface area (Å²) < 4.78 is 25.7. The molecule has 1 saturated heterocycles. The summed E-state index contributed by atoms with van der Waals surface area (Å²) >= 11 is 0. The molecule has 2 unspecified atom stereocenters. The summed E-state index contributed by atoms with van der Waals surface area (Å²) in [7, 11) is 0. The monoisotopic (exact) mass is 269 g/mol. The zero-order valence-corrected chi connectivity index (χ0v) is 10.7. The first kappa shape index (κ1) is 13.9. The van der Waals surface area contributed by atoms with E-state index in [1.165, 1.54) is 6.07 Å². The zero-order chi connectivity index (χ0) is 13.8. The van der Waals surface area contributed by atoms with Crippen molar-refractivity contribution >= 4 is 5.91 Å². The van der Waals surface area contributed by atoms with Crippen LogP contribution >= 0.6 is 0 Å². The summed E-state index contributed by atoms with van der Waals surface area (Å²) in [6.45, 7) is 3.50. The molecule has 0 aromatic heterocycles. The summed E-state index contributed by atoms with van der Waals surface area (Å²) in [5.41, 5.74) is 0.532. The Hall–Kier alpha value is -1.53. The molecule has 0 radical (unpaired) electrons. The van der Waals surface area contributed by atoms with Gasteiger partial charge in [-0.05, 0) is 24.6 Å². The Morgan fingerprint density at radius 3 is 2.74 bits per heavy atom. The average Bonchev–Trinajstić information content (AvgIpc) is 2.40. The predicted molar refractivity (Wildman–Crippen MR) is 67.5 cm³/mol. The minimum absolute atomic E-state index is 0.149. The van der Waals surface area contributed by atoms with Gasteiger partial charge in [-0.1, -0.05) is 6.07 Å². The number of hydrogen-bond donors (Lipinski definition) is 3. The summed E-state index contributed by atoms with van der Waals surface area (Å²) in [5, 5.41) is 9.01. The fraction of sp³-hybridized carbons (Fsp3) is 0.462. The molecule has 6 heteroatoms. The van der Waals surface area contributed by atoms with Crippen molar-refractivity contribution in [1.29, 1.82) is 0 Å². The molecule has 2 rings (SSSR count). The number of benzene rings is 1. The van der Waals surface area contributed by atoms with Crippen molar-refractivity contribution in [2.24, 2.45) is 0 Å². The van der Waals surface area contributed by atoms with Crippen molar-refractivity contribution in [2.75, 3.05) is 13.1 Å². The van der Waals surface area contributed by atoms with Crippen LogP contribution in [-0.2, 0) is 11.3 Å². The molecule has 0 bridgehead atoms. The molecule has 0 aliphatic carbocycles. The number of amides is 1. The molecule has 4 nitrogen and oxygen atoms in total. The second kappa shape index (κ2) is 6.08. The van der Waals surface area contributed by atoms with Crippen LogP contribution in [0.3, 0.4) is 0 Å². The molecule has 1 fully saturated rings. The SMILES string of the molecule is CC1CNC(C(=O)NCc2ccc(F)c(F)c2)CN1. The van der Waals surface area contributed by atoms with Gasteiger partial charge in [0.15, 0.2) is 11.6 Å². The number of halogens is 2. The van der Waals surface area contributed by atoms with Gasteiger partial charge in [0.1, 0.15) is 0 Å². The van der Waals surface area contributed by atoms with E-state index in [1.54, 1.807) is 0 Å². The lowest BCUT2D eigenvalue weighted by Crippen LogP contribution is -2.58. The summed E-state index contributed by atoms with van der Waals surface area (Å²) in [6.07, 6.45) is 0. The molecule has 3 N–H and O–H groups in total. The van der Waals surface area contributed by atoms with Gasteiger partial charge in [0.25, 0.3) is 0 Å². The lowest BCUT2D eigenvalue weighted by molar-refractivity contribution is -0.123. The lowest BCUT2D eigenvalue weighted by Gasteiger charge is -2.28. The van der Waals surface area contributed by atoms with Gasteiger partial charge >= 0.3 is 0 Å². The van der Waals surface area contributed by atoms with E-state index in [-0.39, 0.29) is 18.5 Å². The number of nitrogens with one attached hydrogen (secondary N) is 3. The molecule has 1 aliphatic heterocycles. The number of carbonyl (C=O) groups is 1. The second-order valence-corrected chi connectivity index (χ2v) is 4.74. The van der Waals surface area contributed by atoms with Gasteiger partial charge in [-0.3, -0.25) is 4.79 Å². The Bertz CT molecular complexity index is 459. The standard InChI is InChI=1S/C13H17F2N3O/c1-8-5-17-12(7-16-8)13(19)18-6-9-2-3-10(14)11(15)4-9/h2-4,8,12,16-17H,5-7H2,1H3,(H,18,19). The summed E-state index contributed by atoms with van der Waals surface area (Å²) in [6, 6.07) is 3.65. The van der Waals surface area contributed by atoms with Crippen molar-refractivity contribution in [1.82, 2.24) is 16.0 Å². The van der Waals surface area contributed by atoms with Crippen LogP contribution in [0.1, 0.15) is 12.5 Å². The van der Waals surface area contributed by atoms with Crippen LogP contribution in [0.4, 0.5) is 8.78 Å². The van der Waals surface area contributed by atoms with E-state index in [1.807, 2.05) is 6.92 Å². The highest BCUT2D eigenvalue weighted by Crippen LogP contribution is 2.08. The topological polar surface area (TPSA) is 53.2 Å². The fourth-order valence-electron chi connectivity index (χ4n) is 1.93. The number of hydrogen-bond acceptors (Lipinski definition) is 3. The van der Waals surface area contributed by atoms with Crippen LogP contribution in [0.25, 0.3) is 0 Å². The molecular weight excluding hydrogens is 252 g/mol. The van der Waals surface area contributed by atoms with E-state index >= 15 is 0 Å². The van der Waals surface area contributed by atoms with Crippen molar-refractivity contribution < 1.29 is 13.6 Å². The quantitative estimate of drug-likeness (QED) is 0.750. The Morgan fingerprint density at radius 1 is 1.32 bits per heavy atom. The van der Waals surface area contributed by atoms with Crippen LogP contribution in [0.2, 0.25) is 0 Å². The first-order chi connectivity index (χ1) is 9.06. The smallest absolute Gasteiger partial charge is 0.238 e. The van der Waals surface area contributed by atoms with E-state index in [2.05, 4.69) is 16.0 Å². The normalized spacial score (nSPS) is 23.1. The first-order valence-electron chi connectivity index (χ1n) is 6.24. The van der Waals surface area contributed by atoms with Crippen molar-refractivity contribution in [3.05, 3.63) is 35.4 Å². The van der Waals surface area contributed by atoms with Gasteiger partial charge in [-0.25, -0.2) is 8.78 Å². The average molecular weight is 269 g/mol. The Balaban J connectivity index is 1.84. The number of rotatable bonds is 3. The van der Waals surface area contributed by atoms with Crippen LogP contribution in [0, 0.1) is 11.6 Å². The highest BCUT2D eigenvalue weighted by Gasteiger charge is 2.22. The maximum atomic E-state index is 13.0. The summed E-state index contributed by atoms with van der Waals surface area (Å²) in [5.74, 6) is -1.94. The number of carbonyl (C=O) groups excluding carboxylic acids is 1. The maximum absolute atomic E-state index is 13.0. The van der Waals surface area contributed by atoms with Crippen LogP contribution in [-0.4, -0.2) is 31.1 Å². The minimum atomic E-state index is -0.905. The van der Waals surface area contributed by atoms with Gasteiger partial charge < -0.3 is 16.0 Å². The third kappa shape index (κ3) is 3.71. The van der Waals surface area contributed by atoms with Crippen molar-refractivity contribution in [3.63, 3.8) is 0 Å². The van der Waals surface area contributed by atoms with E-state index in [0.29, 0.717) is 18.2 Å². The Labute approximate surface area is 110 Å². The van der Waals surface area contributed by atoms with Crippen molar-refractivity contribution in [3.8, 4) is 0 Å². The third-order valence-corrected chi connectivity index (χ3v) is 3.11. The molecule has 1 aliphatic rings. The summed E-state index contributed by atoms with van der Waals surface area (Å²) in [4.78, 5) is 11.8. The molecule has 2 atom stereocenters. The second-order valence-electron chi connectivity index (χ2n) is 4.74. The molecule has 104 valence electrons. The van der Waals surface area contributed by atoms with E-state index in [9.17, 15) is 13.6 Å². The van der Waals surface area contributed by atoms with E-state index < -0.39 is 11.6 Å². The van der Waals surface area contributed by atoms with Gasteiger partial charge in [-0.2, -0.15) is 0 Å². The fourth-order valence-corrected chi connectivity index (χ4v) is 1.93. The van der Waals surface area contributed by atoms with Gasteiger partial charge in [0.2, 0.25) is 5.91 Å². The predicted octanol–water partition coefficient (Wildman–Crippen LogP) is 0.531. The molecule has 1 aromatic rings. The minimum Gasteiger partial charge on any atom is -0.351 e. The largest absolute Gasteiger partial charge is 0.351 e. The molecule has 1 aromatic carbocycles. The molecule has 0 spiro atoms. The molecule has 19 heavy (non-hydrogen) atoms. The lowest BCUT2D eigenvalue weighted by atomic mass is 10.1. The Kier molecular flexibility index (Phi) is 4.44. The molecule has 0 saturated carbocycles. The molecular formula is C13H17F2N3O. The maximum Gasteiger partial charge on any atom is 0.238 e. The van der Waals surface area contributed by atoms with Gasteiger partial charge in [-0.15, -0.1) is 0 Å². The van der Waals surface area contributed by atoms with Crippen molar-refractivity contribution in [2.45, 2.75) is 25.6 Å². The number of piperazine rings is 1. The highest BCUT2D eigenvalue weighted by atomic mass is 19.2. The van der Waals surface area contributed by atoms with Crippen LogP contribution in [0.15, 0.2) is 18.2 Å². The van der Waals surface area contributed by atoms with Gasteiger partial charge in [0.05, 0.1) is 6.04 Å². The van der Waals surface area contributed by atoms with Crippen LogP contribution in [0.5, 0.6) is 0 Å².